The van der Waals surface area contributed by atoms with Crippen LogP contribution in [0.25, 0.3) is 5.70 Å². The van der Waals surface area contributed by atoms with Crippen LogP contribution in [0.4, 0.5) is 10.7 Å². The smallest absolute Gasteiger partial charge is 0.335 e. The molecule has 260 valence electrons. The van der Waals surface area contributed by atoms with Crippen molar-refractivity contribution in [2.24, 2.45) is 0 Å². The summed E-state index contributed by atoms with van der Waals surface area (Å²) in [6, 6.07) is 12.8. The third kappa shape index (κ3) is 11.5. The van der Waals surface area contributed by atoms with Gasteiger partial charge in [0.05, 0.1) is 32.5 Å². The Hall–Kier alpha value is -4.80. The first-order chi connectivity index (χ1) is 22.8. The van der Waals surface area contributed by atoms with Gasteiger partial charge in [0.2, 0.25) is 23.6 Å². The molecule has 0 aliphatic rings. The molecule has 15 nitrogen and oxygen atoms in total. The van der Waals surface area contributed by atoms with E-state index in [1.54, 1.807) is 9.62 Å². The van der Waals surface area contributed by atoms with E-state index in [1.807, 2.05) is 51.1 Å². The van der Waals surface area contributed by atoms with Crippen molar-refractivity contribution in [3.8, 4) is 11.8 Å². The molecule has 0 saturated carbocycles. The van der Waals surface area contributed by atoms with Gasteiger partial charge in [0, 0.05) is 39.1 Å². The molecule has 0 aliphatic carbocycles. The number of alkyl halides is 1. The summed E-state index contributed by atoms with van der Waals surface area (Å²) >= 11 is 5.74. The lowest BCUT2D eigenvalue weighted by Crippen LogP contribution is -2.36. The van der Waals surface area contributed by atoms with Crippen molar-refractivity contribution in [3.63, 3.8) is 0 Å². The fourth-order valence-corrected chi connectivity index (χ4v) is 5.20. The normalized spacial score (nSPS) is 10.5. The predicted octanol–water partition coefficient (Wildman–Crippen LogP) is 3.64. The number of pyridine rings is 1. The second-order valence-corrected chi connectivity index (χ2v) is 11.8. The number of sulfonamides is 1. The Morgan fingerprint density at radius 2 is 1.58 bits per heavy atom. The van der Waals surface area contributed by atoms with Gasteiger partial charge >= 0.3 is 6.03 Å². The van der Waals surface area contributed by atoms with Crippen LogP contribution in [0.15, 0.2) is 65.3 Å². The number of anilines is 1. The van der Waals surface area contributed by atoms with Crippen molar-refractivity contribution >= 4 is 51.1 Å². The highest BCUT2D eigenvalue weighted by atomic mass is 35.5. The van der Waals surface area contributed by atoms with Crippen LogP contribution in [0.5, 0.6) is 11.8 Å². The highest BCUT2D eigenvalue weighted by Gasteiger charge is 2.27. The Bertz CT molecular complexity index is 1660. The summed E-state index contributed by atoms with van der Waals surface area (Å²) in [4.78, 5) is 50.8. The van der Waals surface area contributed by atoms with Crippen LogP contribution in [0.1, 0.15) is 36.7 Å². The van der Waals surface area contributed by atoms with E-state index in [2.05, 4.69) is 20.3 Å². The van der Waals surface area contributed by atoms with E-state index in [-0.39, 0.29) is 35.1 Å². The van der Waals surface area contributed by atoms with Crippen molar-refractivity contribution in [2.45, 2.75) is 25.8 Å². The minimum absolute atomic E-state index is 0.0320. The van der Waals surface area contributed by atoms with Gasteiger partial charge in [-0.1, -0.05) is 35.9 Å². The first kappa shape index (κ1) is 39.4. The second-order valence-electron chi connectivity index (χ2n) is 9.98. The van der Waals surface area contributed by atoms with E-state index in [0.717, 1.165) is 16.8 Å². The summed E-state index contributed by atoms with van der Waals surface area (Å²) in [7, 11) is 1.15. The maximum atomic E-state index is 12.5. The van der Waals surface area contributed by atoms with Crippen molar-refractivity contribution in [1.29, 1.82) is 0 Å². The summed E-state index contributed by atoms with van der Waals surface area (Å²) in [6.07, 6.45) is 1.19. The number of hydrogen-bond donors (Lipinski definition) is 2. The minimum atomic E-state index is -4.46. The third-order valence-corrected chi connectivity index (χ3v) is 7.60. The highest BCUT2D eigenvalue weighted by molar-refractivity contribution is 7.90. The van der Waals surface area contributed by atoms with Crippen LogP contribution in [0.3, 0.4) is 0 Å². The summed E-state index contributed by atoms with van der Waals surface area (Å²) < 4.78 is 42.1. The number of nitrogens with one attached hydrogen (secondary N) is 2. The number of methoxy groups -OCH3 is 2. The average molecular weight is 706 g/mol. The Balaban J connectivity index is 0.000000353. The largest absolute Gasteiger partial charge is 0.481 e. The Labute approximate surface area is 285 Å². The first-order valence-electron chi connectivity index (χ1n) is 14.4. The summed E-state index contributed by atoms with van der Waals surface area (Å²) in [5.74, 6) is -0.798. The number of amides is 4. The molecule has 0 atom stereocenters. The van der Waals surface area contributed by atoms with Gasteiger partial charge in [-0.25, -0.2) is 14.5 Å². The van der Waals surface area contributed by atoms with Crippen LogP contribution in [0.2, 0.25) is 0 Å². The second kappa shape index (κ2) is 19.1. The standard InChI is InChI=1S/C16H22ClNO2.C15H18N6O6S/c1-4-20-11-10-18(15(19)12-17)16(13(2)3)14-8-6-5-7-9-14;1-21(2)13(22)9-6-5-7-16-12(9)28(24,25)20-15(23)19-14-17-10(26-3)8-11(18-14)27-4/h5-9H,4,10-12H2,1-3H3;5-8H,1-4H3,(H2,17,18,19,20,23). The van der Waals surface area contributed by atoms with E-state index in [9.17, 15) is 22.8 Å². The number of urea groups is 1. The molecule has 0 radical (unpaired) electrons. The molecule has 3 rings (SSSR count). The van der Waals surface area contributed by atoms with E-state index < -0.39 is 27.0 Å². The molecule has 17 heteroatoms. The number of hydrogen-bond acceptors (Lipinski definition) is 11. The molecule has 0 aliphatic heterocycles. The molecule has 3 aromatic rings. The number of halogens is 1. The summed E-state index contributed by atoms with van der Waals surface area (Å²) in [6.45, 7) is 7.58. The molecule has 2 heterocycles. The van der Waals surface area contributed by atoms with Crippen LogP contribution < -0.4 is 19.5 Å². The third-order valence-electron chi connectivity index (χ3n) is 6.08. The molecule has 4 amide bonds. The van der Waals surface area contributed by atoms with Gasteiger partial charge in [-0.05, 0) is 38.5 Å². The maximum Gasteiger partial charge on any atom is 0.335 e. The predicted molar refractivity (Wildman–Crippen MR) is 180 cm³/mol. The van der Waals surface area contributed by atoms with E-state index in [0.29, 0.717) is 19.8 Å². The number of rotatable bonds is 13. The lowest BCUT2D eigenvalue weighted by molar-refractivity contribution is -0.125. The zero-order valence-corrected chi connectivity index (χ0v) is 29.4. The fraction of sp³-hybridized carbons (Fsp3) is 0.355. The van der Waals surface area contributed by atoms with Gasteiger partial charge in [0.25, 0.3) is 15.9 Å². The van der Waals surface area contributed by atoms with Crippen LogP contribution in [-0.4, -0.2) is 105 Å². The van der Waals surface area contributed by atoms with Gasteiger partial charge in [-0.3, -0.25) is 14.9 Å². The number of carbonyl (C=O) groups excluding carboxylic acids is 3. The summed E-state index contributed by atoms with van der Waals surface area (Å²) in [5, 5.41) is 1.56. The number of ether oxygens (including phenoxy) is 3. The van der Waals surface area contributed by atoms with E-state index >= 15 is 0 Å². The molecule has 48 heavy (non-hydrogen) atoms. The number of aromatic nitrogens is 3. The average Bonchev–Trinajstić information content (AvgIpc) is 3.07. The Morgan fingerprint density at radius 3 is 2.10 bits per heavy atom. The van der Waals surface area contributed by atoms with E-state index in [1.165, 1.54) is 57.6 Å². The molecule has 0 saturated heterocycles. The molecular formula is C31H40ClN7O8S. The summed E-state index contributed by atoms with van der Waals surface area (Å²) in [5.41, 5.74) is 2.82. The Kier molecular flexibility index (Phi) is 15.7. The van der Waals surface area contributed by atoms with Crippen molar-refractivity contribution in [1.82, 2.24) is 29.5 Å². The number of benzene rings is 1. The molecule has 2 aromatic heterocycles. The molecular weight excluding hydrogens is 666 g/mol. The number of allylic oxidation sites excluding steroid dienone is 1. The molecule has 0 unspecified atom stereocenters. The topological polar surface area (TPSA) is 182 Å². The number of nitrogens with zero attached hydrogens (tertiary/aromatic N) is 5. The van der Waals surface area contributed by atoms with E-state index in [4.69, 9.17) is 25.8 Å². The van der Waals surface area contributed by atoms with Gasteiger partial charge < -0.3 is 24.0 Å². The SMILES string of the molecule is CCOCCN(C(=O)CCl)C(=C(C)C)c1ccccc1.COc1cc(OC)nc(NC(=O)NS(=O)(=O)c2ncccc2C(=O)N(C)C)n1. The molecule has 2 N–H and O–H groups in total. The van der Waals surface area contributed by atoms with Crippen molar-refractivity contribution in [2.75, 3.05) is 59.3 Å². The molecule has 0 fully saturated rings. The zero-order chi connectivity index (χ0) is 35.9. The van der Waals surface area contributed by atoms with Crippen LogP contribution in [0, 0.1) is 0 Å². The van der Waals surface area contributed by atoms with Gasteiger partial charge in [0.1, 0.15) is 5.88 Å². The van der Waals surface area contributed by atoms with Crippen LogP contribution in [-0.2, 0) is 19.6 Å². The lowest BCUT2D eigenvalue weighted by atomic mass is 10.1. The van der Waals surface area contributed by atoms with Crippen molar-refractivity contribution < 1.29 is 37.0 Å². The van der Waals surface area contributed by atoms with Crippen molar-refractivity contribution in [3.05, 3.63) is 71.4 Å². The molecule has 0 spiro atoms. The quantitative estimate of drug-likeness (QED) is 0.196. The molecule has 0 bridgehead atoms. The maximum absolute atomic E-state index is 12.5. The number of carbonyl (C=O) groups is 3. The molecule has 1 aromatic carbocycles. The lowest BCUT2D eigenvalue weighted by Gasteiger charge is -2.26. The van der Waals surface area contributed by atoms with Gasteiger partial charge in [-0.2, -0.15) is 18.4 Å². The first-order valence-corrected chi connectivity index (χ1v) is 16.5. The Morgan fingerprint density at radius 1 is 0.958 bits per heavy atom. The minimum Gasteiger partial charge on any atom is -0.481 e. The fourth-order valence-electron chi connectivity index (χ4n) is 4.02. The monoisotopic (exact) mass is 705 g/mol. The van der Waals surface area contributed by atoms with Gasteiger partial charge in [-0.15, -0.1) is 11.6 Å². The van der Waals surface area contributed by atoms with Crippen LogP contribution >= 0.6 is 11.6 Å². The highest BCUT2D eigenvalue weighted by Crippen LogP contribution is 2.23. The van der Waals surface area contributed by atoms with Gasteiger partial charge in [0.15, 0.2) is 5.03 Å². The zero-order valence-electron chi connectivity index (χ0n) is 27.8.